The summed E-state index contributed by atoms with van der Waals surface area (Å²) in [5.41, 5.74) is 3.43. The summed E-state index contributed by atoms with van der Waals surface area (Å²) in [6.45, 7) is 6.80. The number of hydrogen-bond acceptors (Lipinski definition) is 2. The molecule has 1 spiro atoms. The third kappa shape index (κ3) is 1.34. The minimum atomic E-state index is 0.397. The SMILES string of the molecule is CC(C)n1ncc2c1C1(CCCNC1)CC2. The maximum absolute atomic E-state index is 4.58. The molecule has 1 atom stereocenters. The fraction of sp³-hybridized carbons (Fsp3) is 0.769. The molecule has 1 unspecified atom stereocenters. The summed E-state index contributed by atoms with van der Waals surface area (Å²) in [5.74, 6) is 0. The van der Waals surface area contributed by atoms with Crippen LogP contribution < -0.4 is 5.32 Å². The van der Waals surface area contributed by atoms with E-state index >= 15 is 0 Å². The second kappa shape index (κ2) is 3.59. The van der Waals surface area contributed by atoms with Crippen molar-refractivity contribution < 1.29 is 0 Å². The Labute approximate surface area is 97.2 Å². The molecule has 2 aliphatic rings. The van der Waals surface area contributed by atoms with E-state index < -0.39 is 0 Å². The van der Waals surface area contributed by atoms with Gasteiger partial charge >= 0.3 is 0 Å². The highest BCUT2D eigenvalue weighted by molar-refractivity contribution is 5.34. The largest absolute Gasteiger partial charge is 0.316 e. The van der Waals surface area contributed by atoms with Crippen molar-refractivity contribution in [2.75, 3.05) is 13.1 Å². The molecule has 1 aromatic rings. The van der Waals surface area contributed by atoms with Crippen LogP contribution in [0.4, 0.5) is 0 Å². The van der Waals surface area contributed by atoms with Crippen LogP contribution in [-0.4, -0.2) is 22.9 Å². The van der Waals surface area contributed by atoms with Crippen LogP contribution in [0, 0.1) is 0 Å². The van der Waals surface area contributed by atoms with Crippen molar-refractivity contribution in [2.24, 2.45) is 0 Å². The second-order valence-electron chi connectivity index (χ2n) is 5.62. The molecule has 0 amide bonds. The van der Waals surface area contributed by atoms with Gasteiger partial charge in [-0.15, -0.1) is 0 Å². The monoisotopic (exact) mass is 219 g/mol. The molecule has 0 saturated carbocycles. The van der Waals surface area contributed by atoms with Crippen molar-refractivity contribution >= 4 is 0 Å². The van der Waals surface area contributed by atoms with Crippen molar-refractivity contribution in [3.8, 4) is 0 Å². The highest BCUT2D eigenvalue weighted by Gasteiger charge is 2.43. The smallest absolute Gasteiger partial charge is 0.0525 e. The van der Waals surface area contributed by atoms with Gasteiger partial charge in [-0.3, -0.25) is 4.68 Å². The Balaban J connectivity index is 2.05. The average molecular weight is 219 g/mol. The highest BCUT2D eigenvalue weighted by atomic mass is 15.3. The normalized spacial score (nSPS) is 28.9. The molecule has 1 fully saturated rings. The number of rotatable bonds is 1. The van der Waals surface area contributed by atoms with Crippen LogP contribution in [0.15, 0.2) is 6.20 Å². The van der Waals surface area contributed by atoms with Gasteiger partial charge in [-0.05, 0) is 51.6 Å². The zero-order chi connectivity index (χ0) is 11.2. The van der Waals surface area contributed by atoms with E-state index in [9.17, 15) is 0 Å². The van der Waals surface area contributed by atoms with Gasteiger partial charge in [0.1, 0.15) is 0 Å². The summed E-state index contributed by atoms with van der Waals surface area (Å²) in [6.07, 6.45) is 7.29. The predicted molar refractivity (Wildman–Crippen MR) is 64.7 cm³/mol. The first-order chi connectivity index (χ1) is 7.73. The summed E-state index contributed by atoms with van der Waals surface area (Å²) < 4.78 is 2.26. The van der Waals surface area contributed by atoms with E-state index in [4.69, 9.17) is 0 Å². The topological polar surface area (TPSA) is 29.9 Å². The lowest BCUT2D eigenvalue weighted by atomic mass is 9.78. The van der Waals surface area contributed by atoms with Gasteiger partial charge in [-0.25, -0.2) is 0 Å². The summed E-state index contributed by atoms with van der Waals surface area (Å²) in [7, 11) is 0. The molecule has 1 N–H and O–H groups in total. The molecule has 16 heavy (non-hydrogen) atoms. The Morgan fingerprint density at radius 2 is 2.31 bits per heavy atom. The molecule has 3 heteroatoms. The first kappa shape index (κ1) is 10.3. The molecule has 1 aliphatic carbocycles. The molecule has 0 bridgehead atoms. The summed E-state index contributed by atoms with van der Waals surface area (Å²) in [6, 6.07) is 0.487. The maximum Gasteiger partial charge on any atom is 0.0525 e. The highest BCUT2D eigenvalue weighted by Crippen LogP contribution is 2.43. The molecule has 1 aromatic heterocycles. The Hall–Kier alpha value is -0.830. The lowest BCUT2D eigenvalue weighted by molar-refractivity contribution is 0.286. The predicted octanol–water partition coefficient (Wildman–Crippen LogP) is 2.03. The summed E-state index contributed by atoms with van der Waals surface area (Å²) >= 11 is 0. The average Bonchev–Trinajstić information content (AvgIpc) is 2.83. The standard InChI is InChI=1S/C13H21N3/c1-10(2)16-12-11(8-15-16)4-6-13(12)5-3-7-14-9-13/h8,10,14H,3-7,9H2,1-2H3. The molecule has 1 aliphatic heterocycles. The Kier molecular flexibility index (Phi) is 2.32. The lowest BCUT2D eigenvalue weighted by Crippen LogP contribution is -2.43. The number of fused-ring (bicyclic) bond motifs is 2. The minimum Gasteiger partial charge on any atom is -0.316 e. The quantitative estimate of drug-likeness (QED) is 0.783. The van der Waals surface area contributed by atoms with Gasteiger partial charge in [0.15, 0.2) is 0 Å². The van der Waals surface area contributed by atoms with Gasteiger partial charge in [0.05, 0.1) is 6.20 Å². The third-order valence-electron chi connectivity index (χ3n) is 4.21. The van der Waals surface area contributed by atoms with E-state index in [1.54, 1.807) is 0 Å². The van der Waals surface area contributed by atoms with Gasteiger partial charge < -0.3 is 5.32 Å². The molecular weight excluding hydrogens is 198 g/mol. The van der Waals surface area contributed by atoms with Crippen molar-refractivity contribution in [1.29, 1.82) is 0 Å². The van der Waals surface area contributed by atoms with Crippen LogP contribution in [-0.2, 0) is 11.8 Å². The zero-order valence-corrected chi connectivity index (χ0v) is 10.3. The van der Waals surface area contributed by atoms with Crippen LogP contribution in [0.2, 0.25) is 0 Å². The first-order valence-electron chi connectivity index (χ1n) is 6.50. The Morgan fingerprint density at radius 3 is 3.00 bits per heavy atom. The van der Waals surface area contributed by atoms with Gasteiger partial charge in [-0.2, -0.15) is 5.10 Å². The third-order valence-corrected chi connectivity index (χ3v) is 4.21. The van der Waals surface area contributed by atoms with Gasteiger partial charge in [0.2, 0.25) is 0 Å². The zero-order valence-electron chi connectivity index (χ0n) is 10.3. The second-order valence-corrected chi connectivity index (χ2v) is 5.62. The number of nitrogens with zero attached hydrogens (tertiary/aromatic N) is 2. The number of aryl methyl sites for hydroxylation is 1. The van der Waals surface area contributed by atoms with Crippen molar-refractivity contribution in [1.82, 2.24) is 15.1 Å². The van der Waals surface area contributed by atoms with E-state index in [0.29, 0.717) is 11.5 Å². The van der Waals surface area contributed by atoms with Crippen molar-refractivity contribution in [3.63, 3.8) is 0 Å². The van der Waals surface area contributed by atoms with Gasteiger partial charge in [0.25, 0.3) is 0 Å². The van der Waals surface area contributed by atoms with Crippen LogP contribution in [0.5, 0.6) is 0 Å². The van der Waals surface area contributed by atoms with E-state index in [2.05, 4.69) is 35.1 Å². The van der Waals surface area contributed by atoms with E-state index in [1.807, 2.05) is 0 Å². The van der Waals surface area contributed by atoms with Crippen molar-refractivity contribution in [3.05, 3.63) is 17.5 Å². The molecule has 0 aromatic carbocycles. The number of piperidine rings is 1. The van der Waals surface area contributed by atoms with E-state index in [-0.39, 0.29) is 0 Å². The molecular formula is C13H21N3. The molecule has 3 rings (SSSR count). The van der Waals surface area contributed by atoms with Crippen LogP contribution in [0.3, 0.4) is 0 Å². The van der Waals surface area contributed by atoms with Crippen molar-refractivity contribution in [2.45, 2.75) is 51.0 Å². The fourth-order valence-corrected chi connectivity index (χ4v) is 3.43. The lowest BCUT2D eigenvalue weighted by Gasteiger charge is -2.35. The van der Waals surface area contributed by atoms with E-state index in [1.165, 1.54) is 43.5 Å². The van der Waals surface area contributed by atoms with Gasteiger partial charge in [-0.1, -0.05) is 0 Å². The minimum absolute atomic E-state index is 0.397. The summed E-state index contributed by atoms with van der Waals surface area (Å²) in [5, 5.41) is 8.15. The van der Waals surface area contributed by atoms with Gasteiger partial charge in [0, 0.05) is 23.7 Å². The number of hydrogen-bond donors (Lipinski definition) is 1. The molecule has 1 saturated heterocycles. The fourth-order valence-electron chi connectivity index (χ4n) is 3.43. The maximum atomic E-state index is 4.58. The first-order valence-corrected chi connectivity index (χ1v) is 6.50. The Bertz CT molecular complexity index is 386. The number of aromatic nitrogens is 2. The molecule has 0 radical (unpaired) electrons. The van der Waals surface area contributed by atoms with Crippen LogP contribution >= 0.6 is 0 Å². The molecule has 3 nitrogen and oxygen atoms in total. The van der Waals surface area contributed by atoms with Crippen LogP contribution in [0.1, 0.15) is 50.4 Å². The van der Waals surface area contributed by atoms with E-state index in [0.717, 1.165) is 6.54 Å². The Morgan fingerprint density at radius 1 is 1.44 bits per heavy atom. The van der Waals surface area contributed by atoms with Crippen LogP contribution in [0.25, 0.3) is 0 Å². The summed E-state index contributed by atoms with van der Waals surface area (Å²) in [4.78, 5) is 0. The molecule has 88 valence electrons. The number of nitrogens with one attached hydrogen (secondary N) is 1. The molecule has 2 heterocycles.